The van der Waals surface area contributed by atoms with Crippen LogP contribution in [0.1, 0.15) is 18.0 Å². The van der Waals surface area contributed by atoms with E-state index in [1.165, 1.54) is 0 Å². The molecule has 0 heterocycles. The molecular weight excluding hydrogens is 204 g/mol. The Kier molecular flexibility index (Phi) is 4.62. The zero-order valence-corrected chi connectivity index (χ0v) is 9.78. The zero-order valence-electron chi connectivity index (χ0n) is 9.78. The van der Waals surface area contributed by atoms with Gasteiger partial charge >= 0.3 is 0 Å². The van der Waals surface area contributed by atoms with Crippen LogP contribution in [-0.2, 0) is 0 Å². The van der Waals surface area contributed by atoms with Crippen molar-refractivity contribution in [3.63, 3.8) is 0 Å². The molecule has 0 radical (unpaired) electrons. The molecule has 1 N–H and O–H groups in total. The smallest absolute Gasteiger partial charge is 0.127 e. The Labute approximate surface area is 95.8 Å². The number of benzene rings is 1. The van der Waals surface area contributed by atoms with Crippen molar-refractivity contribution in [2.45, 2.75) is 12.5 Å². The minimum Gasteiger partial charge on any atom is -0.497 e. The molecule has 0 saturated carbocycles. The van der Waals surface area contributed by atoms with Gasteiger partial charge < -0.3 is 14.8 Å². The van der Waals surface area contributed by atoms with Crippen LogP contribution >= 0.6 is 0 Å². The fourth-order valence-electron chi connectivity index (χ4n) is 1.57. The first-order valence-corrected chi connectivity index (χ1v) is 5.03. The molecule has 86 valence electrons. The molecule has 0 amide bonds. The standard InChI is InChI=1S/C12H16N2O2/c1-14-11(6-7-13)10-5-4-9(15-2)8-12(10)16-3/h4-5,8,11,14H,6H2,1-3H3. The molecule has 4 nitrogen and oxygen atoms in total. The quantitative estimate of drug-likeness (QED) is 0.823. The average Bonchev–Trinajstić information content (AvgIpc) is 2.35. The van der Waals surface area contributed by atoms with Crippen molar-refractivity contribution in [2.75, 3.05) is 21.3 Å². The largest absolute Gasteiger partial charge is 0.497 e. The molecule has 1 unspecified atom stereocenters. The van der Waals surface area contributed by atoms with Gasteiger partial charge in [0, 0.05) is 17.7 Å². The molecule has 0 saturated heterocycles. The molecule has 1 atom stereocenters. The Balaban J connectivity index is 3.07. The van der Waals surface area contributed by atoms with Crippen LogP contribution in [0.4, 0.5) is 0 Å². The first-order valence-electron chi connectivity index (χ1n) is 5.03. The lowest BCUT2D eigenvalue weighted by Crippen LogP contribution is -2.16. The fraction of sp³-hybridized carbons (Fsp3) is 0.417. The highest BCUT2D eigenvalue weighted by Crippen LogP contribution is 2.30. The first kappa shape index (κ1) is 12.3. The summed E-state index contributed by atoms with van der Waals surface area (Å²) in [5.74, 6) is 1.47. The van der Waals surface area contributed by atoms with Crippen LogP contribution in [0.5, 0.6) is 11.5 Å². The summed E-state index contributed by atoms with van der Waals surface area (Å²) in [6, 6.07) is 7.72. The van der Waals surface area contributed by atoms with E-state index in [1.807, 2.05) is 25.2 Å². The summed E-state index contributed by atoms with van der Waals surface area (Å²) in [5.41, 5.74) is 0.965. The van der Waals surface area contributed by atoms with E-state index >= 15 is 0 Å². The maximum absolute atomic E-state index is 8.74. The number of methoxy groups -OCH3 is 2. The third-order valence-electron chi connectivity index (χ3n) is 2.46. The molecule has 0 bridgehead atoms. The molecular formula is C12H16N2O2. The number of ether oxygens (including phenoxy) is 2. The first-order chi connectivity index (χ1) is 7.76. The van der Waals surface area contributed by atoms with Crippen LogP contribution in [-0.4, -0.2) is 21.3 Å². The van der Waals surface area contributed by atoms with Gasteiger partial charge in [0.2, 0.25) is 0 Å². The summed E-state index contributed by atoms with van der Waals surface area (Å²) in [5, 5.41) is 11.8. The van der Waals surface area contributed by atoms with Crippen molar-refractivity contribution in [3.05, 3.63) is 23.8 Å². The van der Waals surface area contributed by atoms with E-state index in [4.69, 9.17) is 14.7 Å². The van der Waals surface area contributed by atoms with Gasteiger partial charge in [-0.1, -0.05) is 6.07 Å². The fourth-order valence-corrected chi connectivity index (χ4v) is 1.57. The van der Waals surface area contributed by atoms with Crippen molar-refractivity contribution < 1.29 is 9.47 Å². The van der Waals surface area contributed by atoms with Gasteiger partial charge in [-0.15, -0.1) is 0 Å². The van der Waals surface area contributed by atoms with Crippen molar-refractivity contribution in [1.29, 1.82) is 5.26 Å². The van der Waals surface area contributed by atoms with Gasteiger partial charge in [0.05, 0.1) is 26.7 Å². The summed E-state index contributed by atoms with van der Waals surface area (Å²) in [6.45, 7) is 0. The molecule has 0 spiro atoms. The highest BCUT2D eigenvalue weighted by molar-refractivity contribution is 5.42. The van der Waals surface area contributed by atoms with Gasteiger partial charge in [0.15, 0.2) is 0 Å². The predicted molar refractivity (Wildman–Crippen MR) is 61.6 cm³/mol. The molecule has 0 fully saturated rings. The van der Waals surface area contributed by atoms with Crippen molar-refractivity contribution >= 4 is 0 Å². The predicted octanol–water partition coefficient (Wildman–Crippen LogP) is 1.88. The molecule has 0 aliphatic carbocycles. The van der Waals surface area contributed by atoms with Crippen LogP contribution in [0.15, 0.2) is 18.2 Å². The molecule has 1 aromatic carbocycles. The van der Waals surface area contributed by atoms with E-state index in [9.17, 15) is 0 Å². The number of nitrogens with one attached hydrogen (secondary N) is 1. The van der Waals surface area contributed by atoms with E-state index in [1.54, 1.807) is 14.2 Å². The summed E-state index contributed by atoms with van der Waals surface area (Å²) in [4.78, 5) is 0. The number of nitriles is 1. The van der Waals surface area contributed by atoms with Gasteiger partial charge in [-0.2, -0.15) is 5.26 Å². The molecule has 0 aromatic heterocycles. The Morgan fingerprint density at radius 3 is 2.62 bits per heavy atom. The molecule has 1 aromatic rings. The monoisotopic (exact) mass is 220 g/mol. The van der Waals surface area contributed by atoms with E-state index in [0.717, 1.165) is 17.1 Å². The van der Waals surface area contributed by atoms with Crippen molar-refractivity contribution in [3.8, 4) is 17.6 Å². The third kappa shape index (κ3) is 2.65. The zero-order chi connectivity index (χ0) is 12.0. The second kappa shape index (κ2) is 5.99. The Morgan fingerprint density at radius 1 is 1.38 bits per heavy atom. The lowest BCUT2D eigenvalue weighted by molar-refractivity contribution is 0.386. The van der Waals surface area contributed by atoms with Gasteiger partial charge in [-0.3, -0.25) is 0 Å². The highest BCUT2D eigenvalue weighted by Gasteiger charge is 2.14. The molecule has 4 heteroatoms. The van der Waals surface area contributed by atoms with Crippen LogP contribution < -0.4 is 14.8 Å². The lowest BCUT2D eigenvalue weighted by Gasteiger charge is -2.17. The number of nitrogens with zero attached hydrogens (tertiary/aromatic N) is 1. The molecule has 1 rings (SSSR count). The van der Waals surface area contributed by atoms with E-state index < -0.39 is 0 Å². The van der Waals surface area contributed by atoms with E-state index in [-0.39, 0.29) is 6.04 Å². The topological polar surface area (TPSA) is 54.3 Å². The Morgan fingerprint density at radius 2 is 2.12 bits per heavy atom. The Hall–Kier alpha value is -1.73. The van der Waals surface area contributed by atoms with Gasteiger partial charge in [-0.25, -0.2) is 0 Å². The SMILES string of the molecule is CNC(CC#N)c1ccc(OC)cc1OC. The minimum absolute atomic E-state index is 0.0224. The van der Waals surface area contributed by atoms with Crippen LogP contribution in [0.2, 0.25) is 0 Å². The number of hydrogen-bond acceptors (Lipinski definition) is 4. The summed E-state index contributed by atoms with van der Waals surface area (Å²) in [7, 11) is 5.04. The van der Waals surface area contributed by atoms with Crippen molar-refractivity contribution in [2.24, 2.45) is 0 Å². The summed E-state index contributed by atoms with van der Waals surface area (Å²) < 4.78 is 10.4. The second-order valence-electron chi connectivity index (χ2n) is 3.31. The lowest BCUT2D eigenvalue weighted by atomic mass is 10.0. The van der Waals surface area contributed by atoms with Crippen LogP contribution in [0.25, 0.3) is 0 Å². The highest BCUT2D eigenvalue weighted by atomic mass is 16.5. The van der Waals surface area contributed by atoms with E-state index in [2.05, 4.69) is 11.4 Å². The molecule has 0 aliphatic heterocycles. The van der Waals surface area contributed by atoms with Gasteiger partial charge in [0.1, 0.15) is 11.5 Å². The van der Waals surface area contributed by atoms with Gasteiger partial charge in [0.25, 0.3) is 0 Å². The normalized spacial score (nSPS) is 11.6. The average molecular weight is 220 g/mol. The maximum atomic E-state index is 8.74. The number of hydrogen-bond donors (Lipinski definition) is 1. The molecule has 16 heavy (non-hydrogen) atoms. The van der Waals surface area contributed by atoms with E-state index in [0.29, 0.717) is 6.42 Å². The van der Waals surface area contributed by atoms with Crippen LogP contribution in [0.3, 0.4) is 0 Å². The van der Waals surface area contributed by atoms with Crippen molar-refractivity contribution in [1.82, 2.24) is 5.32 Å². The maximum Gasteiger partial charge on any atom is 0.127 e. The molecule has 0 aliphatic rings. The third-order valence-corrected chi connectivity index (χ3v) is 2.46. The number of rotatable bonds is 5. The van der Waals surface area contributed by atoms with Gasteiger partial charge in [-0.05, 0) is 13.1 Å². The second-order valence-corrected chi connectivity index (χ2v) is 3.31. The summed E-state index contributed by atoms with van der Waals surface area (Å²) >= 11 is 0. The van der Waals surface area contributed by atoms with Crippen LogP contribution in [0, 0.1) is 11.3 Å². The Bertz CT molecular complexity index is 385. The minimum atomic E-state index is -0.0224. The summed E-state index contributed by atoms with van der Waals surface area (Å²) in [6.07, 6.45) is 0.402.